The number of aryl methyl sites for hydroxylation is 1. The molecule has 4 aliphatic heterocycles. The Labute approximate surface area is 414 Å². The van der Waals surface area contributed by atoms with Gasteiger partial charge in [0.25, 0.3) is 5.91 Å². The van der Waals surface area contributed by atoms with Crippen LogP contribution in [0.3, 0.4) is 0 Å². The van der Waals surface area contributed by atoms with Crippen molar-refractivity contribution in [3.63, 3.8) is 0 Å². The molecule has 21 heteroatoms. The normalized spacial score (nSPS) is 17.9. The molecule has 0 spiro atoms. The smallest absolute Gasteiger partial charge is 0.329 e. The van der Waals surface area contributed by atoms with Gasteiger partial charge in [0, 0.05) is 133 Å². The summed E-state index contributed by atoms with van der Waals surface area (Å²) in [5.74, 6) is -0.496. The summed E-state index contributed by atoms with van der Waals surface area (Å²) in [6.45, 7) is 10.2. The van der Waals surface area contributed by atoms with E-state index in [1.54, 1.807) is 21.6 Å². The summed E-state index contributed by atoms with van der Waals surface area (Å²) < 4.78 is 38.4. The number of hydrogen-bond donors (Lipinski definition) is 2. The Kier molecular flexibility index (Phi) is 13.4. The molecule has 4 aromatic heterocycles. The largest absolute Gasteiger partial charge is 0.492 e. The van der Waals surface area contributed by atoms with Crippen LogP contribution < -0.4 is 30.1 Å². The average molecular weight is 983 g/mol. The number of pyridine rings is 2. The minimum absolute atomic E-state index is 0.0971. The SMILES string of the molecule is CCOc1cc(-c2ccc(N3CCC(CN4CCN(C(=O)CCN5CCN(c6ccc7c(N8CCC(=O)NC8=O)nn(C)c7c6)CC5)CC4)(NC(=O)c4cc(F)ccc4F)CC3)nc2)c2c(C#N)cnn2c1. The molecule has 0 atom stereocenters. The summed E-state index contributed by atoms with van der Waals surface area (Å²) >= 11 is 0. The maximum atomic E-state index is 14.9. The Hall–Kier alpha value is -7.70. The van der Waals surface area contributed by atoms with E-state index in [0.29, 0.717) is 101 Å². The fourth-order valence-electron chi connectivity index (χ4n) is 10.5. The first kappa shape index (κ1) is 48.0. The number of benzene rings is 2. The third-order valence-electron chi connectivity index (χ3n) is 14.4. The van der Waals surface area contributed by atoms with Crippen LogP contribution in [0.25, 0.3) is 27.5 Å². The Morgan fingerprint density at radius 3 is 2.39 bits per heavy atom. The maximum absolute atomic E-state index is 14.9. The number of piperazine rings is 2. The molecular weight excluding hydrogens is 927 g/mol. The number of nitrogens with zero attached hydrogens (tertiary/aromatic N) is 12. The molecule has 0 radical (unpaired) electrons. The molecule has 0 saturated carbocycles. The summed E-state index contributed by atoms with van der Waals surface area (Å²) in [5, 5.41) is 25.1. The molecule has 374 valence electrons. The fraction of sp³-hybridized carbons (Fsp3) is 0.412. The van der Waals surface area contributed by atoms with E-state index in [1.807, 2.05) is 49.2 Å². The first-order chi connectivity index (χ1) is 34.9. The van der Waals surface area contributed by atoms with Crippen molar-refractivity contribution >= 4 is 57.5 Å². The Morgan fingerprint density at radius 1 is 0.889 bits per heavy atom. The quantitative estimate of drug-likeness (QED) is 0.166. The predicted octanol–water partition coefficient (Wildman–Crippen LogP) is 4.40. The van der Waals surface area contributed by atoms with E-state index in [4.69, 9.17) is 9.72 Å². The third kappa shape index (κ3) is 9.83. The van der Waals surface area contributed by atoms with Crippen LogP contribution in [0, 0.1) is 23.0 Å². The standard InChI is InChI=1S/C51H56F2N14O5/c1-3-72-38-28-40(47-35(29-54)31-56-67(47)32-38)34-4-9-44(55-30-34)64-16-12-51(13-17-64,58-49(70)41-26-36(52)5-8-42(41)53)33-62-20-24-65(25-21-62)46(69)11-14-61-18-22-63(23-19-61)37-6-7-39-43(27-37)60(2)59-48(39)66-15-10-45(68)57-50(66)71/h4-9,26-28,30-32H,3,10-25,33H2,1-2H3,(H,58,70)(H,57,68,71). The first-order valence-electron chi connectivity index (χ1n) is 24.5. The fourth-order valence-corrected chi connectivity index (χ4v) is 10.5. The van der Waals surface area contributed by atoms with Crippen LogP contribution in [0.1, 0.15) is 48.5 Å². The van der Waals surface area contributed by atoms with Crippen molar-refractivity contribution in [1.82, 2.24) is 49.7 Å². The Bertz CT molecular complexity index is 3070. The molecule has 4 fully saturated rings. The number of piperidine rings is 1. The van der Waals surface area contributed by atoms with Crippen molar-refractivity contribution in [3.05, 3.63) is 95.9 Å². The van der Waals surface area contributed by atoms with Gasteiger partial charge in [-0.15, -0.1) is 0 Å². The van der Waals surface area contributed by atoms with Crippen LogP contribution in [0.5, 0.6) is 5.75 Å². The molecule has 0 bridgehead atoms. The minimum Gasteiger partial charge on any atom is -0.492 e. The van der Waals surface area contributed by atoms with E-state index < -0.39 is 29.1 Å². The van der Waals surface area contributed by atoms with E-state index >= 15 is 0 Å². The van der Waals surface area contributed by atoms with Gasteiger partial charge in [-0.3, -0.25) is 39.1 Å². The molecule has 5 amide bonds. The molecule has 8 heterocycles. The van der Waals surface area contributed by atoms with Gasteiger partial charge >= 0.3 is 6.03 Å². The number of fused-ring (bicyclic) bond motifs is 2. The molecule has 19 nitrogen and oxygen atoms in total. The first-order valence-corrected chi connectivity index (χ1v) is 24.5. The zero-order chi connectivity index (χ0) is 50.1. The average Bonchev–Trinajstić information content (AvgIpc) is 3.96. The van der Waals surface area contributed by atoms with Crippen molar-refractivity contribution < 1.29 is 32.7 Å². The highest BCUT2D eigenvalue weighted by Gasteiger charge is 2.40. The number of nitrogens with one attached hydrogen (secondary N) is 2. The Morgan fingerprint density at radius 2 is 1.67 bits per heavy atom. The number of carbonyl (C=O) groups is 4. The number of amides is 5. The van der Waals surface area contributed by atoms with Crippen molar-refractivity contribution in [2.24, 2.45) is 7.05 Å². The molecule has 4 saturated heterocycles. The molecule has 2 N–H and O–H groups in total. The molecule has 10 rings (SSSR count). The number of halogens is 2. The lowest BCUT2D eigenvalue weighted by molar-refractivity contribution is -0.133. The molecule has 6 aromatic rings. The maximum Gasteiger partial charge on any atom is 0.329 e. The highest BCUT2D eigenvalue weighted by atomic mass is 19.1. The number of hydrogen-bond acceptors (Lipinski definition) is 13. The van der Waals surface area contributed by atoms with Gasteiger partial charge < -0.3 is 24.8 Å². The summed E-state index contributed by atoms with van der Waals surface area (Å²) in [6, 6.07) is 16.5. The summed E-state index contributed by atoms with van der Waals surface area (Å²) in [4.78, 5) is 68.8. The molecule has 4 aliphatic rings. The number of anilines is 3. The van der Waals surface area contributed by atoms with Gasteiger partial charge in [-0.05, 0) is 74.4 Å². The monoisotopic (exact) mass is 982 g/mol. The summed E-state index contributed by atoms with van der Waals surface area (Å²) in [6.07, 6.45) is 6.67. The number of ether oxygens (including phenoxy) is 1. The Balaban J connectivity index is 0.738. The third-order valence-corrected chi connectivity index (χ3v) is 14.4. The van der Waals surface area contributed by atoms with Gasteiger partial charge in [0.15, 0.2) is 5.82 Å². The highest BCUT2D eigenvalue weighted by Crippen LogP contribution is 2.34. The molecule has 2 aromatic carbocycles. The molecule has 0 aliphatic carbocycles. The second-order valence-corrected chi connectivity index (χ2v) is 18.9. The lowest BCUT2D eigenvalue weighted by Crippen LogP contribution is -2.62. The molecular formula is C51H56F2N14O5. The van der Waals surface area contributed by atoms with Gasteiger partial charge in [0.05, 0.1) is 46.7 Å². The molecule has 72 heavy (non-hydrogen) atoms. The zero-order valence-corrected chi connectivity index (χ0v) is 40.3. The second-order valence-electron chi connectivity index (χ2n) is 18.9. The minimum atomic E-state index is -0.800. The van der Waals surface area contributed by atoms with E-state index in [-0.39, 0.29) is 30.3 Å². The van der Waals surface area contributed by atoms with Gasteiger partial charge in [0.1, 0.15) is 29.3 Å². The van der Waals surface area contributed by atoms with Gasteiger partial charge in [-0.2, -0.15) is 15.5 Å². The van der Waals surface area contributed by atoms with Crippen molar-refractivity contribution in [1.29, 1.82) is 5.26 Å². The van der Waals surface area contributed by atoms with Crippen molar-refractivity contribution in [2.75, 3.05) is 106 Å². The van der Waals surface area contributed by atoms with E-state index in [9.17, 15) is 33.2 Å². The van der Waals surface area contributed by atoms with Crippen LogP contribution >= 0.6 is 0 Å². The van der Waals surface area contributed by atoms with E-state index in [2.05, 4.69) is 52.6 Å². The van der Waals surface area contributed by atoms with Gasteiger partial charge in [0.2, 0.25) is 11.8 Å². The molecule has 0 unspecified atom stereocenters. The van der Waals surface area contributed by atoms with Crippen molar-refractivity contribution in [3.8, 4) is 22.9 Å². The highest BCUT2D eigenvalue weighted by molar-refractivity contribution is 6.09. The number of imide groups is 1. The van der Waals surface area contributed by atoms with E-state index in [1.165, 1.54) is 11.1 Å². The number of nitriles is 1. The van der Waals surface area contributed by atoms with Crippen LogP contribution in [0.4, 0.5) is 30.9 Å². The number of urea groups is 1. The lowest BCUT2D eigenvalue weighted by Gasteiger charge is -2.46. The second kappa shape index (κ2) is 20.2. The number of rotatable bonds is 13. The summed E-state index contributed by atoms with van der Waals surface area (Å²) in [7, 11) is 1.84. The lowest BCUT2D eigenvalue weighted by atomic mass is 9.86. The van der Waals surface area contributed by atoms with Crippen LogP contribution in [0.15, 0.2) is 73.2 Å². The van der Waals surface area contributed by atoms with Gasteiger partial charge in [-0.25, -0.2) is 23.1 Å². The summed E-state index contributed by atoms with van der Waals surface area (Å²) in [5.41, 5.74) is 3.45. The van der Waals surface area contributed by atoms with E-state index in [0.717, 1.165) is 77.9 Å². The van der Waals surface area contributed by atoms with Crippen molar-refractivity contribution in [2.45, 2.75) is 38.1 Å². The van der Waals surface area contributed by atoms with Crippen LogP contribution in [0.2, 0.25) is 0 Å². The van der Waals surface area contributed by atoms with Crippen LogP contribution in [-0.2, 0) is 16.6 Å². The number of aromatic nitrogens is 5. The van der Waals surface area contributed by atoms with Gasteiger partial charge in [-0.1, -0.05) is 0 Å². The predicted molar refractivity (Wildman–Crippen MR) is 265 cm³/mol. The zero-order valence-electron chi connectivity index (χ0n) is 40.3. The number of carbonyl (C=O) groups excluding carboxylic acids is 4. The van der Waals surface area contributed by atoms with Crippen LogP contribution in [-0.4, -0.2) is 160 Å². The topological polar surface area (TPSA) is 193 Å².